The lowest BCUT2D eigenvalue weighted by molar-refractivity contribution is 0.0563. The lowest BCUT2D eigenvalue weighted by atomic mass is 9.97. The maximum atomic E-state index is 5.90. The van der Waals surface area contributed by atoms with E-state index in [1.54, 1.807) is 0 Å². The van der Waals surface area contributed by atoms with Crippen LogP contribution in [0.2, 0.25) is 19.6 Å². The Hall–Kier alpha value is -0.443. The van der Waals surface area contributed by atoms with Gasteiger partial charge in [-0.15, -0.1) is 0 Å². The Bertz CT molecular complexity index is 219. The van der Waals surface area contributed by atoms with E-state index in [9.17, 15) is 0 Å². The van der Waals surface area contributed by atoms with Gasteiger partial charge in [-0.05, 0) is 38.9 Å². The molecule has 0 amide bonds. The monoisotopic (exact) mass is 230 g/mol. The van der Waals surface area contributed by atoms with Gasteiger partial charge in [-0.1, -0.05) is 20.8 Å². The van der Waals surface area contributed by atoms with Crippen LogP contribution < -0.4 is 0 Å². The first kappa shape index (κ1) is 14.6. The number of ether oxygens (including phenoxy) is 1. The summed E-state index contributed by atoms with van der Waals surface area (Å²) in [6.45, 7) is 16.9. The Labute approximate surface area is 95.8 Å². The van der Waals surface area contributed by atoms with E-state index in [0.29, 0.717) is 5.95 Å². The molecule has 0 radical (unpaired) electrons. The first-order valence-electron chi connectivity index (χ1n) is 5.58. The largest absolute Gasteiger partial charge is 0.520 e. The third-order valence-electron chi connectivity index (χ3n) is 1.31. The van der Waals surface area contributed by atoms with Crippen molar-refractivity contribution in [2.45, 2.75) is 60.4 Å². The van der Waals surface area contributed by atoms with E-state index in [2.05, 4.69) is 46.5 Å². The molecule has 0 saturated heterocycles. The summed E-state index contributed by atoms with van der Waals surface area (Å²) in [5.41, 5.74) is 0.0872. The average molecular weight is 230 g/mol. The first-order chi connectivity index (χ1) is 6.49. The van der Waals surface area contributed by atoms with Crippen LogP contribution in [-0.2, 0) is 9.16 Å². The van der Waals surface area contributed by atoms with Gasteiger partial charge < -0.3 is 9.16 Å². The molecule has 0 heterocycles. The molecule has 0 bridgehead atoms. The van der Waals surface area contributed by atoms with E-state index < -0.39 is 8.32 Å². The molecule has 3 heteroatoms. The van der Waals surface area contributed by atoms with Crippen molar-refractivity contribution >= 4 is 8.32 Å². The summed E-state index contributed by atoms with van der Waals surface area (Å²) < 4.78 is 11.6. The summed E-state index contributed by atoms with van der Waals surface area (Å²) >= 11 is 0. The highest BCUT2D eigenvalue weighted by Crippen LogP contribution is 2.22. The second kappa shape index (κ2) is 5.06. The molecule has 0 aliphatic carbocycles. The van der Waals surface area contributed by atoms with E-state index in [1.807, 2.05) is 13.8 Å². The molecule has 2 nitrogen and oxygen atoms in total. The third kappa shape index (κ3) is 9.85. The Morgan fingerprint density at radius 2 is 1.60 bits per heavy atom. The van der Waals surface area contributed by atoms with Crippen molar-refractivity contribution in [3.63, 3.8) is 0 Å². The van der Waals surface area contributed by atoms with Gasteiger partial charge in [-0.3, -0.25) is 0 Å². The van der Waals surface area contributed by atoms with Crippen molar-refractivity contribution < 1.29 is 9.16 Å². The van der Waals surface area contributed by atoms with Crippen molar-refractivity contribution in [3.8, 4) is 0 Å². The van der Waals surface area contributed by atoms with Gasteiger partial charge in [0.25, 0.3) is 5.95 Å². The highest BCUT2D eigenvalue weighted by atomic mass is 28.4. The van der Waals surface area contributed by atoms with Gasteiger partial charge in [0.15, 0.2) is 0 Å². The number of rotatable bonds is 4. The fraction of sp³-hybridized carbons (Fsp3) is 0.833. The second-order valence-electron chi connectivity index (χ2n) is 6.21. The zero-order chi connectivity index (χ0) is 12.3. The summed E-state index contributed by atoms with van der Waals surface area (Å²) in [7, 11) is -1.58. The molecule has 0 rings (SSSR count). The molecule has 0 fully saturated rings. The Balaban J connectivity index is 4.67. The van der Waals surface area contributed by atoms with E-state index in [4.69, 9.17) is 9.16 Å². The summed E-state index contributed by atoms with van der Waals surface area (Å²) in [4.78, 5) is 0. The predicted molar refractivity (Wildman–Crippen MR) is 68.2 cm³/mol. The van der Waals surface area contributed by atoms with E-state index in [0.717, 1.165) is 0 Å². The second-order valence-corrected chi connectivity index (χ2v) is 10.6. The SMILES string of the molecule is CC(C)O/C(=C\C(C)(C)C)O[Si](C)(C)C. The summed E-state index contributed by atoms with van der Waals surface area (Å²) in [5, 5.41) is 0. The molecule has 0 spiro atoms. The average Bonchev–Trinajstić information content (AvgIpc) is 1.73. The number of hydrogen-bond acceptors (Lipinski definition) is 2. The van der Waals surface area contributed by atoms with Gasteiger partial charge in [0.05, 0.1) is 6.10 Å². The molecule has 0 aliphatic rings. The highest BCUT2D eigenvalue weighted by molar-refractivity contribution is 6.69. The van der Waals surface area contributed by atoms with Crippen molar-refractivity contribution in [2.75, 3.05) is 0 Å². The van der Waals surface area contributed by atoms with Crippen molar-refractivity contribution in [1.82, 2.24) is 0 Å². The Morgan fingerprint density at radius 3 is 1.87 bits per heavy atom. The van der Waals surface area contributed by atoms with E-state index in [1.165, 1.54) is 0 Å². The maximum Gasteiger partial charge on any atom is 0.261 e. The van der Waals surface area contributed by atoms with Gasteiger partial charge in [0, 0.05) is 6.08 Å². The minimum Gasteiger partial charge on any atom is -0.520 e. The lowest BCUT2D eigenvalue weighted by Gasteiger charge is -2.25. The van der Waals surface area contributed by atoms with Crippen molar-refractivity contribution in [1.29, 1.82) is 0 Å². The van der Waals surface area contributed by atoms with Crippen LogP contribution in [0, 0.1) is 5.41 Å². The van der Waals surface area contributed by atoms with Gasteiger partial charge in [-0.2, -0.15) is 0 Å². The smallest absolute Gasteiger partial charge is 0.261 e. The topological polar surface area (TPSA) is 18.5 Å². The van der Waals surface area contributed by atoms with Crippen LogP contribution in [0.1, 0.15) is 34.6 Å². The standard InChI is InChI=1S/C12H26O2Si/c1-10(2)13-11(9-12(3,4)5)14-15(6,7)8/h9-10H,1-8H3/b11-9+. The Morgan fingerprint density at radius 1 is 1.13 bits per heavy atom. The van der Waals surface area contributed by atoms with Gasteiger partial charge in [-0.25, -0.2) is 0 Å². The van der Waals surface area contributed by atoms with Crippen LogP contribution >= 0.6 is 0 Å². The summed E-state index contributed by atoms with van der Waals surface area (Å²) in [6, 6.07) is 0. The van der Waals surface area contributed by atoms with Gasteiger partial charge >= 0.3 is 0 Å². The zero-order valence-corrected chi connectivity index (χ0v) is 12.5. The van der Waals surface area contributed by atoms with Crippen LogP contribution in [0.3, 0.4) is 0 Å². The molecule has 0 aromatic carbocycles. The van der Waals surface area contributed by atoms with Gasteiger partial charge in [0.2, 0.25) is 8.32 Å². The van der Waals surface area contributed by atoms with E-state index >= 15 is 0 Å². The molecule has 0 aromatic rings. The quantitative estimate of drug-likeness (QED) is 0.533. The molecule has 0 atom stereocenters. The maximum absolute atomic E-state index is 5.90. The molecule has 0 saturated carbocycles. The van der Waals surface area contributed by atoms with Gasteiger partial charge in [0.1, 0.15) is 0 Å². The fourth-order valence-corrected chi connectivity index (χ4v) is 1.69. The van der Waals surface area contributed by atoms with Crippen LogP contribution in [0.25, 0.3) is 0 Å². The minimum absolute atomic E-state index is 0.0872. The van der Waals surface area contributed by atoms with Crippen LogP contribution in [-0.4, -0.2) is 14.4 Å². The molecule has 0 unspecified atom stereocenters. The number of hydrogen-bond donors (Lipinski definition) is 0. The Kier molecular flexibility index (Phi) is 4.91. The molecule has 90 valence electrons. The van der Waals surface area contributed by atoms with Crippen molar-refractivity contribution in [2.24, 2.45) is 5.41 Å². The third-order valence-corrected chi connectivity index (χ3v) is 2.12. The summed E-state index contributed by atoms with van der Waals surface area (Å²) in [6.07, 6.45) is 2.22. The highest BCUT2D eigenvalue weighted by Gasteiger charge is 2.21. The van der Waals surface area contributed by atoms with Crippen LogP contribution in [0.4, 0.5) is 0 Å². The molecule has 0 aliphatic heterocycles. The van der Waals surface area contributed by atoms with Crippen LogP contribution in [0.5, 0.6) is 0 Å². The minimum atomic E-state index is -1.58. The fourth-order valence-electron chi connectivity index (χ4n) is 0.975. The molecular formula is C12H26O2Si. The molecule has 0 N–H and O–H groups in total. The normalized spacial score (nSPS) is 14.3. The zero-order valence-electron chi connectivity index (χ0n) is 11.5. The molecule has 15 heavy (non-hydrogen) atoms. The number of allylic oxidation sites excluding steroid dienone is 1. The predicted octanol–water partition coefficient (Wildman–Crippen LogP) is 4.15. The van der Waals surface area contributed by atoms with Crippen LogP contribution in [0.15, 0.2) is 12.0 Å². The molecular weight excluding hydrogens is 204 g/mol. The van der Waals surface area contributed by atoms with E-state index in [-0.39, 0.29) is 11.5 Å². The van der Waals surface area contributed by atoms with Crippen molar-refractivity contribution in [3.05, 3.63) is 12.0 Å². The first-order valence-corrected chi connectivity index (χ1v) is 8.99. The lowest BCUT2D eigenvalue weighted by Crippen LogP contribution is -2.27. The molecule has 0 aromatic heterocycles. The summed E-state index contributed by atoms with van der Waals surface area (Å²) in [5.74, 6) is 0.691.